The summed E-state index contributed by atoms with van der Waals surface area (Å²) in [5, 5.41) is 0. The second-order valence-corrected chi connectivity index (χ2v) is 10.4. The van der Waals surface area contributed by atoms with Crippen LogP contribution >= 0.6 is 0 Å². The summed E-state index contributed by atoms with van der Waals surface area (Å²) in [6.45, 7) is 7.36. The van der Waals surface area contributed by atoms with Gasteiger partial charge in [-0.1, -0.05) is 39.2 Å². The number of ether oxygens (including phenoxy) is 2. The largest absolute Gasteiger partial charge is 0.508 e. The first-order chi connectivity index (χ1) is 13.9. The third-order valence-corrected chi connectivity index (χ3v) is 8.76. The van der Waals surface area contributed by atoms with Crippen LogP contribution in [0.5, 0.6) is 0 Å². The van der Waals surface area contributed by atoms with Crippen molar-refractivity contribution in [1.82, 2.24) is 0 Å². The summed E-state index contributed by atoms with van der Waals surface area (Å²) in [5.74, 6) is 3.57. The topological polar surface area (TPSA) is 52.6 Å². The van der Waals surface area contributed by atoms with Gasteiger partial charge in [0.15, 0.2) is 5.78 Å². The molecule has 7 unspecified atom stereocenters. The molecule has 0 radical (unpaired) electrons. The van der Waals surface area contributed by atoms with E-state index in [0.717, 1.165) is 57.8 Å². The number of unbranched alkanes of at least 4 members (excludes halogenated alkanes) is 2. The van der Waals surface area contributed by atoms with Crippen molar-refractivity contribution in [2.45, 2.75) is 91.1 Å². The van der Waals surface area contributed by atoms with Crippen molar-refractivity contribution in [3.63, 3.8) is 0 Å². The molecule has 0 aromatic heterocycles. The summed E-state index contributed by atoms with van der Waals surface area (Å²) in [6, 6.07) is 0. The molecule has 7 atom stereocenters. The molecule has 0 N–H and O–H groups in total. The Balaban J connectivity index is 1.43. The number of allylic oxidation sites excluding steroid dienone is 1. The van der Waals surface area contributed by atoms with Gasteiger partial charge in [-0.05, 0) is 80.6 Å². The second kappa shape index (κ2) is 8.43. The average Bonchev–Trinajstić information content (AvgIpc) is 3.01. The van der Waals surface area contributed by atoms with Crippen LogP contribution in [0.25, 0.3) is 0 Å². The van der Waals surface area contributed by atoms with Gasteiger partial charge in [0.05, 0.1) is 6.61 Å². The number of carbonyl (C=O) groups is 2. The zero-order chi connectivity index (χ0) is 20.6. The van der Waals surface area contributed by atoms with Crippen molar-refractivity contribution in [3.05, 3.63) is 11.6 Å². The summed E-state index contributed by atoms with van der Waals surface area (Å²) in [4.78, 5) is 24.2. The zero-order valence-corrected chi connectivity index (χ0v) is 18.5. The van der Waals surface area contributed by atoms with Crippen LogP contribution in [0.4, 0.5) is 4.79 Å². The first kappa shape index (κ1) is 20.9. The maximum atomic E-state index is 12.3. The third kappa shape index (κ3) is 3.88. The molecule has 0 heterocycles. The Morgan fingerprint density at radius 2 is 2.03 bits per heavy atom. The Hall–Kier alpha value is -1.32. The quantitative estimate of drug-likeness (QED) is 0.413. The fraction of sp³-hybridized carbons (Fsp3) is 0.840. The predicted octanol–water partition coefficient (Wildman–Crippen LogP) is 6.09. The van der Waals surface area contributed by atoms with E-state index in [1.807, 2.05) is 6.08 Å². The maximum Gasteiger partial charge on any atom is 0.508 e. The highest BCUT2D eigenvalue weighted by atomic mass is 16.7. The van der Waals surface area contributed by atoms with Gasteiger partial charge in [-0.2, -0.15) is 0 Å². The lowest BCUT2D eigenvalue weighted by Gasteiger charge is -2.55. The van der Waals surface area contributed by atoms with E-state index < -0.39 is 6.16 Å². The highest BCUT2D eigenvalue weighted by molar-refractivity contribution is 5.91. The van der Waals surface area contributed by atoms with E-state index in [0.29, 0.717) is 42.0 Å². The molecule has 4 rings (SSSR count). The molecule has 29 heavy (non-hydrogen) atoms. The van der Waals surface area contributed by atoms with Crippen molar-refractivity contribution in [2.24, 2.45) is 35.0 Å². The van der Waals surface area contributed by atoms with Crippen molar-refractivity contribution >= 4 is 11.9 Å². The third-order valence-electron chi connectivity index (χ3n) is 8.76. The lowest BCUT2D eigenvalue weighted by Crippen LogP contribution is -2.50. The van der Waals surface area contributed by atoms with Crippen LogP contribution < -0.4 is 0 Å². The van der Waals surface area contributed by atoms with Gasteiger partial charge >= 0.3 is 6.16 Å². The molecule has 3 saturated carbocycles. The first-order valence-electron chi connectivity index (χ1n) is 12.0. The molecule has 4 nitrogen and oxygen atoms in total. The Kier molecular flexibility index (Phi) is 6.09. The molecule has 0 spiro atoms. The summed E-state index contributed by atoms with van der Waals surface area (Å²) < 4.78 is 11.2. The van der Waals surface area contributed by atoms with Crippen LogP contribution in [0, 0.1) is 35.0 Å². The summed E-state index contributed by atoms with van der Waals surface area (Å²) in [7, 11) is 0. The summed E-state index contributed by atoms with van der Waals surface area (Å²) in [5.41, 5.74) is 1.50. The summed E-state index contributed by atoms with van der Waals surface area (Å²) >= 11 is 0. The molecule has 0 amide bonds. The van der Waals surface area contributed by atoms with Gasteiger partial charge < -0.3 is 9.47 Å². The Morgan fingerprint density at radius 1 is 1.21 bits per heavy atom. The van der Waals surface area contributed by atoms with Crippen LogP contribution in [-0.4, -0.2) is 24.6 Å². The molecular weight excluding hydrogens is 364 g/mol. The fourth-order valence-corrected chi connectivity index (χ4v) is 7.39. The number of rotatable bonds is 5. The van der Waals surface area contributed by atoms with Crippen molar-refractivity contribution < 1.29 is 19.1 Å². The maximum absolute atomic E-state index is 12.3. The van der Waals surface area contributed by atoms with E-state index >= 15 is 0 Å². The average molecular weight is 403 g/mol. The van der Waals surface area contributed by atoms with E-state index in [1.165, 1.54) is 12.0 Å². The van der Waals surface area contributed by atoms with E-state index in [-0.39, 0.29) is 11.5 Å². The lowest BCUT2D eigenvalue weighted by molar-refractivity contribution is -0.116. The lowest BCUT2D eigenvalue weighted by atomic mass is 9.49. The monoisotopic (exact) mass is 402 g/mol. The minimum atomic E-state index is -0.470. The van der Waals surface area contributed by atoms with Crippen LogP contribution in [0.15, 0.2) is 11.6 Å². The Morgan fingerprint density at radius 3 is 2.83 bits per heavy atom. The number of carbonyl (C=O) groups excluding carboxylic acids is 2. The fourth-order valence-electron chi connectivity index (χ4n) is 7.39. The predicted molar refractivity (Wildman–Crippen MR) is 112 cm³/mol. The standard InChI is InChI=1S/C25H38O4/c1-4-5-6-13-28-24(27)29-22-10-9-21-23-16(2)14-17-15-18(26)7-8-19(17)20(23)11-12-25(21,22)3/h15-16,19-23H,4-14H2,1-3H3. The van der Waals surface area contributed by atoms with Gasteiger partial charge in [0.2, 0.25) is 0 Å². The van der Waals surface area contributed by atoms with Crippen molar-refractivity contribution in [1.29, 1.82) is 0 Å². The van der Waals surface area contributed by atoms with Crippen molar-refractivity contribution in [3.8, 4) is 0 Å². The Bertz CT molecular complexity index is 668. The number of hydrogen-bond donors (Lipinski definition) is 0. The Labute approximate surface area is 175 Å². The van der Waals surface area contributed by atoms with Crippen LogP contribution in [0.1, 0.15) is 85.0 Å². The van der Waals surface area contributed by atoms with Gasteiger partial charge in [-0.25, -0.2) is 4.79 Å². The van der Waals surface area contributed by atoms with Gasteiger partial charge in [-0.3, -0.25) is 4.79 Å². The van der Waals surface area contributed by atoms with Crippen LogP contribution in [0.3, 0.4) is 0 Å². The highest BCUT2D eigenvalue weighted by Crippen LogP contribution is 2.63. The van der Waals surface area contributed by atoms with Gasteiger partial charge in [0.25, 0.3) is 0 Å². The molecular formula is C25H38O4. The normalized spacial score (nSPS) is 41.1. The van der Waals surface area contributed by atoms with E-state index in [1.54, 1.807) is 0 Å². The molecule has 0 saturated heterocycles. The smallest absolute Gasteiger partial charge is 0.434 e. The molecule has 0 aromatic rings. The molecule has 4 heteroatoms. The van der Waals surface area contributed by atoms with E-state index in [2.05, 4.69) is 20.8 Å². The van der Waals surface area contributed by atoms with E-state index in [9.17, 15) is 9.59 Å². The minimum Gasteiger partial charge on any atom is -0.434 e. The van der Waals surface area contributed by atoms with E-state index in [4.69, 9.17) is 9.47 Å². The van der Waals surface area contributed by atoms with Gasteiger partial charge in [0, 0.05) is 11.8 Å². The zero-order valence-electron chi connectivity index (χ0n) is 18.5. The minimum absolute atomic E-state index is 0.0100. The molecule has 4 aliphatic carbocycles. The molecule has 3 fully saturated rings. The second-order valence-electron chi connectivity index (χ2n) is 10.4. The SMILES string of the molecule is CCCCCOC(=O)OC1CCC2C3C(C)CC4=CC(=O)CCC4C3CCC12C. The molecule has 0 aromatic carbocycles. The van der Waals surface area contributed by atoms with Crippen molar-refractivity contribution in [2.75, 3.05) is 6.61 Å². The highest BCUT2D eigenvalue weighted by Gasteiger charge is 2.59. The number of fused-ring (bicyclic) bond motifs is 5. The first-order valence-corrected chi connectivity index (χ1v) is 12.0. The molecule has 0 bridgehead atoms. The number of ketones is 1. The molecule has 162 valence electrons. The summed E-state index contributed by atoms with van der Waals surface area (Å²) in [6.07, 6.45) is 11.9. The molecule has 0 aliphatic heterocycles. The number of hydrogen-bond acceptors (Lipinski definition) is 4. The van der Waals surface area contributed by atoms with Crippen LogP contribution in [0.2, 0.25) is 0 Å². The van der Waals surface area contributed by atoms with Gasteiger partial charge in [-0.15, -0.1) is 0 Å². The van der Waals surface area contributed by atoms with Gasteiger partial charge in [0.1, 0.15) is 6.10 Å². The van der Waals surface area contributed by atoms with Crippen LogP contribution in [-0.2, 0) is 14.3 Å². The molecule has 4 aliphatic rings.